The summed E-state index contributed by atoms with van der Waals surface area (Å²) in [5.74, 6) is 0. The van der Waals surface area contributed by atoms with E-state index in [9.17, 15) is 35.9 Å². The van der Waals surface area contributed by atoms with Crippen molar-refractivity contribution in [2.45, 2.75) is 83.6 Å². The molecule has 40 heavy (non-hydrogen) atoms. The molecule has 2 fully saturated rings. The van der Waals surface area contributed by atoms with Crippen LogP contribution in [0.2, 0.25) is 0 Å². The van der Waals surface area contributed by atoms with Gasteiger partial charge >= 0.3 is 24.5 Å². The molecule has 1 aromatic rings. The predicted octanol–water partition coefficient (Wildman–Crippen LogP) is 5.90. The number of halogens is 6. The first-order valence-corrected chi connectivity index (χ1v) is 13.3. The lowest BCUT2D eigenvalue weighted by atomic mass is 9.78. The number of ether oxygens (including phenoxy) is 2. The first kappa shape index (κ1) is 30.3. The van der Waals surface area contributed by atoms with Crippen LogP contribution in [0, 0.1) is 5.41 Å². The van der Waals surface area contributed by atoms with Crippen molar-refractivity contribution in [2.24, 2.45) is 5.41 Å². The number of hydrogen-bond acceptors (Lipinski definition) is 5. The Morgan fingerprint density at radius 3 is 2.12 bits per heavy atom. The fourth-order valence-corrected chi connectivity index (χ4v) is 5.75. The molecule has 0 unspecified atom stereocenters. The van der Waals surface area contributed by atoms with Gasteiger partial charge in [-0.2, -0.15) is 26.3 Å². The molecule has 0 atom stereocenters. The quantitative estimate of drug-likeness (QED) is 0.418. The van der Waals surface area contributed by atoms with Crippen LogP contribution >= 0.6 is 0 Å². The number of fused-ring (bicyclic) bond motifs is 1. The number of carbonyl (C=O) groups excluding carboxylic acids is 2. The summed E-state index contributed by atoms with van der Waals surface area (Å²) in [7, 11) is 0. The molecule has 0 N–H and O–H groups in total. The normalized spacial score (nSPS) is 20.1. The molecule has 1 aromatic carbocycles. The van der Waals surface area contributed by atoms with Crippen LogP contribution in [0.25, 0.3) is 0 Å². The molecule has 3 aliphatic rings. The SMILES string of the molecule is CC(C)(C)OC(=O)N1CCc2cccc(CN3CCC4(CCN(C(=O)OC(C(F)(F)F)C(F)(F)F)CC4)C3)c2C1. The molecule has 0 radical (unpaired) electrons. The zero-order valence-corrected chi connectivity index (χ0v) is 22.8. The summed E-state index contributed by atoms with van der Waals surface area (Å²) in [5.41, 5.74) is 2.62. The van der Waals surface area contributed by atoms with Gasteiger partial charge in [-0.1, -0.05) is 18.2 Å². The van der Waals surface area contributed by atoms with Crippen LogP contribution in [-0.2, 0) is 29.0 Å². The number of amides is 2. The average molecular weight is 580 g/mol. The summed E-state index contributed by atoms with van der Waals surface area (Å²) in [4.78, 5) is 29.7. The number of likely N-dealkylation sites (tertiary alicyclic amines) is 2. The Kier molecular flexibility index (Phi) is 8.28. The molecule has 1 spiro atoms. The molecule has 2 amide bonds. The maximum atomic E-state index is 12.8. The van der Waals surface area contributed by atoms with Crippen molar-refractivity contribution in [1.82, 2.24) is 14.7 Å². The molecule has 3 heterocycles. The van der Waals surface area contributed by atoms with Crippen LogP contribution in [0.5, 0.6) is 0 Å². The van der Waals surface area contributed by atoms with Gasteiger partial charge in [0.2, 0.25) is 0 Å². The Morgan fingerprint density at radius 2 is 1.52 bits per heavy atom. The van der Waals surface area contributed by atoms with Crippen molar-refractivity contribution < 1.29 is 45.4 Å². The number of carbonyl (C=O) groups is 2. The predicted molar refractivity (Wildman–Crippen MR) is 132 cm³/mol. The standard InChI is InChI=1S/C27H35F6N3O4/c1-24(2,3)40-23(38)36-11-7-18-5-4-6-19(20(18)16-36)15-34-12-8-25(17-34)9-13-35(14-10-25)22(37)39-21(26(28,29)30)27(31,32)33/h4-6,21H,7-17H2,1-3H3. The Bertz CT molecular complexity index is 1080. The molecule has 2 saturated heterocycles. The maximum Gasteiger partial charge on any atom is 0.434 e. The average Bonchev–Trinajstić information content (AvgIpc) is 3.22. The van der Waals surface area contributed by atoms with Crippen molar-refractivity contribution in [3.63, 3.8) is 0 Å². The molecule has 0 aromatic heterocycles. The Balaban J connectivity index is 1.34. The van der Waals surface area contributed by atoms with Crippen molar-refractivity contribution in [3.05, 3.63) is 34.9 Å². The highest BCUT2D eigenvalue weighted by Gasteiger charge is 2.60. The van der Waals surface area contributed by atoms with Crippen LogP contribution in [0.3, 0.4) is 0 Å². The fraction of sp³-hybridized carbons (Fsp3) is 0.704. The number of hydrogen-bond donors (Lipinski definition) is 0. The van der Waals surface area contributed by atoms with E-state index in [0.717, 1.165) is 35.4 Å². The molecule has 0 saturated carbocycles. The molecular weight excluding hydrogens is 544 g/mol. The number of rotatable bonds is 3. The van der Waals surface area contributed by atoms with E-state index in [4.69, 9.17) is 4.74 Å². The van der Waals surface area contributed by atoms with Gasteiger partial charge in [0.15, 0.2) is 0 Å². The van der Waals surface area contributed by atoms with Gasteiger partial charge in [-0.25, -0.2) is 9.59 Å². The first-order valence-electron chi connectivity index (χ1n) is 13.3. The third-order valence-corrected chi connectivity index (χ3v) is 7.83. The minimum atomic E-state index is -5.74. The lowest BCUT2D eigenvalue weighted by Gasteiger charge is -2.39. The van der Waals surface area contributed by atoms with Crippen molar-refractivity contribution in [3.8, 4) is 0 Å². The smallest absolute Gasteiger partial charge is 0.434 e. The highest BCUT2D eigenvalue weighted by Crippen LogP contribution is 2.42. The Labute approximate surface area is 229 Å². The third kappa shape index (κ3) is 7.13. The van der Waals surface area contributed by atoms with Crippen molar-refractivity contribution in [1.29, 1.82) is 0 Å². The zero-order valence-electron chi connectivity index (χ0n) is 22.8. The molecule has 224 valence electrons. The molecule has 4 rings (SSSR count). The van der Waals surface area contributed by atoms with Crippen LogP contribution in [0.1, 0.15) is 56.7 Å². The summed E-state index contributed by atoms with van der Waals surface area (Å²) in [6.45, 7) is 8.68. The summed E-state index contributed by atoms with van der Waals surface area (Å²) in [6.07, 6.45) is -15.1. The van der Waals surface area contributed by atoms with Gasteiger partial charge in [0.1, 0.15) is 5.60 Å². The topological polar surface area (TPSA) is 62.3 Å². The molecule has 0 aliphatic carbocycles. The van der Waals surface area contributed by atoms with Gasteiger partial charge < -0.3 is 19.3 Å². The van der Waals surface area contributed by atoms with E-state index in [-0.39, 0.29) is 24.6 Å². The van der Waals surface area contributed by atoms with E-state index in [0.29, 0.717) is 39.0 Å². The lowest BCUT2D eigenvalue weighted by molar-refractivity contribution is -0.308. The van der Waals surface area contributed by atoms with E-state index in [1.54, 1.807) is 4.90 Å². The molecule has 7 nitrogen and oxygen atoms in total. The van der Waals surface area contributed by atoms with Crippen LogP contribution < -0.4 is 0 Å². The Morgan fingerprint density at radius 1 is 0.900 bits per heavy atom. The van der Waals surface area contributed by atoms with E-state index < -0.39 is 30.2 Å². The minimum Gasteiger partial charge on any atom is -0.444 e. The van der Waals surface area contributed by atoms with Gasteiger partial charge in [-0.3, -0.25) is 4.90 Å². The summed E-state index contributed by atoms with van der Waals surface area (Å²) >= 11 is 0. The maximum absolute atomic E-state index is 12.8. The van der Waals surface area contributed by atoms with E-state index in [1.165, 1.54) is 5.56 Å². The van der Waals surface area contributed by atoms with E-state index >= 15 is 0 Å². The minimum absolute atomic E-state index is 0.0285. The highest BCUT2D eigenvalue weighted by molar-refractivity contribution is 5.69. The van der Waals surface area contributed by atoms with Gasteiger partial charge in [-0.15, -0.1) is 0 Å². The zero-order chi connectivity index (χ0) is 29.5. The van der Waals surface area contributed by atoms with Crippen molar-refractivity contribution >= 4 is 12.2 Å². The Hall–Kier alpha value is -2.70. The number of nitrogens with zero attached hydrogens (tertiary/aromatic N) is 3. The van der Waals surface area contributed by atoms with Crippen molar-refractivity contribution in [2.75, 3.05) is 32.7 Å². The van der Waals surface area contributed by atoms with Crippen LogP contribution in [-0.4, -0.2) is 83.7 Å². The van der Waals surface area contributed by atoms with Gasteiger partial charge in [-0.05, 0) is 75.1 Å². The summed E-state index contributed by atoms with van der Waals surface area (Å²) in [6, 6.07) is 6.11. The second kappa shape index (κ2) is 10.9. The number of alkyl halides is 6. The van der Waals surface area contributed by atoms with Crippen LogP contribution in [0.15, 0.2) is 18.2 Å². The second-order valence-corrected chi connectivity index (χ2v) is 12.0. The monoisotopic (exact) mass is 579 g/mol. The molecule has 13 heteroatoms. The second-order valence-electron chi connectivity index (χ2n) is 12.0. The van der Waals surface area contributed by atoms with Gasteiger partial charge in [0.05, 0.1) is 0 Å². The molecule has 3 aliphatic heterocycles. The lowest BCUT2D eigenvalue weighted by Crippen LogP contribution is -2.50. The summed E-state index contributed by atoms with van der Waals surface area (Å²) < 4.78 is 86.2. The van der Waals surface area contributed by atoms with E-state index in [1.807, 2.05) is 32.9 Å². The van der Waals surface area contributed by atoms with Crippen LogP contribution in [0.4, 0.5) is 35.9 Å². The summed E-state index contributed by atoms with van der Waals surface area (Å²) in [5, 5.41) is 0. The molecular formula is C27H35F6N3O4. The van der Waals surface area contributed by atoms with Gasteiger partial charge in [0.25, 0.3) is 6.10 Å². The third-order valence-electron chi connectivity index (χ3n) is 7.83. The fourth-order valence-electron chi connectivity index (χ4n) is 5.75. The highest BCUT2D eigenvalue weighted by atomic mass is 19.4. The number of benzene rings is 1. The first-order chi connectivity index (χ1) is 18.5. The molecule has 0 bridgehead atoms. The number of piperidine rings is 1. The van der Waals surface area contributed by atoms with E-state index in [2.05, 4.69) is 15.7 Å². The van der Waals surface area contributed by atoms with Gasteiger partial charge in [0, 0.05) is 39.3 Å². The largest absolute Gasteiger partial charge is 0.444 e.